The summed E-state index contributed by atoms with van der Waals surface area (Å²) in [5.74, 6) is -1.12. The molecule has 3 atom stereocenters. The number of benzene rings is 1. The second kappa shape index (κ2) is 11.1. The Morgan fingerprint density at radius 1 is 1.25 bits per heavy atom. The van der Waals surface area contributed by atoms with Crippen molar-refractivity contribution >= 4 is 17.6 Å². The number of rotatable bonds is 6. The molecule has 1 amide bonds. The fourth-order valence-corrected chi connectivity index (χ4v) is 4.12. The van der Waals surface area contributed by atoms with Crippen LogP contribution in [0.25, 0.3) is 0 Å². The standard InChI is InChI=1S/C20H29FN2O3.C2H6/c1-5-12-23(18(21)20(25)26-4)13-7-6-11-16(23)19(24)22-17-14(2)9-8-10-15(17)3;1-2/h8-10,16,18H,5-7,11-13H2,1-4H3;1-2H3/p+1. The Kier molecular flexibility index (Phi) is 9.59. The van der Waals surface area contributed by atoms with Crippen molar-refractivity contribution in [2.45, 2.75) is 72.6 Å². The number of esters is 1. The second-order valence-corrected chi connectivity index (χ2v) is 7.18. The van der Waals surface area contributed by atoms with Gasteiger partial charge in [-0.05, 0) is 44.2 Å². The summed E-state index contributed by atoms with van der Waals surface area (Å²) in [5, 5.41) is 3.00. The molecule has 28 heavy (non-hydrogen) atoms. The first kappa shape index (κ1) is 24.1. The molecule has 0 spiro atoms. The summed E-state index contributed by atoms with van der Waals surface area (Å²) >= 11 is 0. The highest BCUT2D eigenvalue weighted by atomic mass is 19.1. The van der Waals surface area contributed by atoms with Gasteiger partial charge in [0.15, 0.2) is 6.04 Å². The first-order valence-corrected chi connectivity index (χ1v) is 10.3. The van der Waals surface area contributed by atoms with E-state index < -0.39 is 18.3 Å². The molecule has 1 saturated heterocycles. The van der Waals surface area contributed by atoms with E-state index in [-0.39, 0.29) is 10.4 Å². The van der Waals surface area contributed by atoms with Gasteiger partial charge in [0, 0.05) is 12.1 Å². The number of piperidine rings is 1. The number of alkyl halides is 1. The number of carbonyl (C=O) groups is 2. The number of hydrogen-bond acceptors (Lipinski definition) is 3. The number of para-hydroxylation sites is 1. The van der Waals surface area contributed by atoms with Crippen LogP contribution in [-0.2, 0) is 14.3 Å². The third kappa shape index (κ3) is 5.10. The number of likely N-dealkylation sites (tertiary alicyclic amines) is 1. The quantitative estimate of drug-likeness (QED) is 0.438. The van der Waals surface area contributed by atoms with E-state index in [4.69, 9.17) is 0 Å². The molecule has 1 aromatic carbocycles. The Balaban J connectivity index is 0.00000190. The summed E-state index contributed by atoms with van der Waals surface area (Å²) in [6, 6.07) is 5.21. The predicted octanol–water partition coefficient (Wildman–Crippen LogP) is 4.52. The molecule has 5 nitrogen and oxygen atoms in total. The Hall–Kier alpha value is -1.95. The number of methoxy groups -OCH3 is 1. The van der Waals surface area contributed by atoms with E-state index in [0.29, 0.717) is 25.9 Å². The molecule has 0 saturated carbocycles. The Morgan fingerprint density at radius 3 is 2.39 bits per heavy atom. The van der Waals surface area contributed by atoms with E-state index in [1.54, 1.807) is 0 Å². The van der Waals surface area contributed by atoms with Gasteiger partial charge in [-0.1, -0.05) is 39.0 Å². The van der Waals surface area contributed by atoms with Gasteiger partial charge in [-0.2, -0.15) is 4.39 Å². The van der Waals surface area contributed by atoms with Crippen molar-refractivity contribution in [3.8, 4) is 0 Å². The average molecular weight is 396 g/mol. The first-order valence-electron chi connectivity index (χ1n) is 10.3. The summed E-state index contributed by atoms with van der Waals surface area (Å²) < 4.78 is 19.6. The molecular weight excluding hydrogens is 359 g/mol. The zero-order chi connectivity index (χ0) is 21.3. The Morgan fingerprint density at radius 2 is 1.86 bits per heavy atom. The van der Waals surface area contributed by atoms with Crippen molar-refractivity contribution in [2.24, 2.45) is 0 Å². The van der Waals surface area contributed by atoms with Crippen molar-refractivity contribution in [2.75, 3.05) is 25.5 Å². The minimum atomic E-state index is -1.84. The van der Waals surface area contributed by atoms with Gasteiger partial charge in [0.05, 0.1) is 20.2 Å². The van der Waals surface area contributed by atoms with Crippen LogP contribution in [0, 0.1) is 13.8 Å². The fourth-order valence-electron chi connectivity index (χ4n) is 4.12. The molecule has 6 heteroatoms. The van der Waals surface area contributed by atoms with Gasteiger partial charge in [-0.15, -0.1) is 0 Å². The molecule has 2 rings (SSSR count). The molecule has 3 unspecified atom stereocenters. The zero-order valence-electron chi connectivity index (χ0n) is 18.2. The van der Waals surface area contributed by atoms with Crippen LogP contribution in [0.2, 0.25) is 0 Å². The van der Waals surface area contributed by atoms with Gasteiger partial charge in [0.1, 0.15) is 0 Å². The molecule has 158 valence electrons. The number of ether oxygens (including phenoxy) is 1. The number of carbonyl (C=O) groups excluding carboxylic acids is 2. The summed E-state index contributed by atoms with van der Waals surface area (Å²) in [7, 11) is 1.19. The molecule has 1 heterocycles. The zero-order valence-corrected chi connectivity index (χ0v) is 18.2. The molecule has 0 radical (unpaired) electrons. The number of anilines is 1. The van der Waals surface area contributed by atoms with E-state index in [1.165, 1.54) is 7.11 Å². The van der Waals surface area contributed by atoms with Crippen molar-refractivity contribution < 1.29 is 23.2 Å². The largest absolute Gasteiger partial charge is 0.462 e. The van der Waals surface area contributed by atoms with Gasteiger partial charge < -0.3 is 10.1 Å². The number of quaternary nitrogens is 1. The normalized spacial score (nSPS) is 22.5. The van der Waals surface area contributed by atoms with Crippen LogP contribution < -0.4 is 5.32 Å². The van der Waals surface area contributed by atoms with Crippen LogP contribution >= 0.6 is 0 Å². The highest BCUT2D eigenvalue weighted by molar-refractivity contribution is 5.95. The second-order valence-electron chi connectivity index (χ2n) is 7.18. The van der Waals surface area contributed by atoms with E-state index in [0.717, 1.165) is 29.7 Å². The lowest BCUT2D eigenvalue weighted by molar-refractivity contribution is -0.974. The van der Waals surface area contributed by atoms with E-state index in [1.807, 2.05) is 52.8 Å². The van der Waals surface area contributed by atoms with Gasteiger partial charge in [-0.3, -0.25) is 9.28 Å². The smallest absolute Gasteiger partial charge is 0.399 e. The minimum Gasteiger partial charge on any atom is -0.462 e. The van der Waals surface area contributed by atoms with Crippen LogP contribution in [0.5, 0.6) is 0 Å². The highest BCUT2D eigenvalue weighted by Crippen LogP contribution is 2.33. The van der Waals surface area contributed by atoms with Gasteiger partial charge >= 0.3 is 12.3 Å². The van der Waals surface area contributed by atoms with Crippen LogP contribution in [0.3, 0.4) is 0 Å². The minimum absolute atomic E-state index is 0.167. The maximum absolute atomic E-state index is 15.2. The maximum atomic E-state index is 15.2. The topological polar surface area (TPSA) is 55.4 Å². The SMILES string of the molecule is CC.CCC[N+]1(C(F)C(=O)OC)CCCCC1C(=O)Nc1c(C)cccc1C. The van der Waals surface area contributed by atoms with Gasteiger partial charge in [-0.25, -0.2) is 4.79 Å². The van der Waals surface area contributed by atoms with Gasteiger partial charge in [0.25, 0.3) is 5.91 Å². The molecule has 1 aliphatic rings. The third-order valence-electron chi connectivity index (χ3n) is 5.44. The number of nitrogens with one attached hydrogen (secondary N) is 1. The number of nitrogens with zero attached hydrogens (tertiary/aromatic N) is 1. The lowest BCUT2D eigenvalue weighted by Crippen LogP contribution is -2.68. The maximum Gasteiger partial charge on any atom is 0.399 e. The molecular formula is C22H36FN2O3+. The van der Waals surface area contributed by atoms with Crippen LogP contribution in [0.15, 0.2) is 18.2 Å². The number of halogens is 1. The van der Waals surface area contributed by atoms with Crippen molar-refractivity contribution in [3.63, 3.8) is 0 Å². The fraction of sp³-hybridized carbons (Fsp3) is 0.636. The number of aryl methyl sites for hydroxylation is 2. The van der Waals surface area contributed by atoms with E-state index in [2.05, 4.69) is 10.1 Å². The lowest BCUT2D eigenvalue weighted by atomic mass is 9.95. The molecule has 1 aliphatic heterocycles. The van der Waals surface area contributed by atoms with Crippen molar-refractivity contribution in [3.05, 3.63) is 29.3 Å². The van der Waals surface area contributed by atoms with Crippen LogP contribution in [-0.4, -0.2) is 48.9 Å². The number of amides is 1. The molecule has 0 aromatic heterocycles. The van der Waals surface area contributed by atoms with E-state index >= 15 is 4.39 Å². The monoisotopic (exact) mass is 395 g/mol. The summed E-state index contributed by atoms with van der Waals surface area (Å²) in [6.45, 7) is 10.7. The molecule has 1 aromatic rings. The lowest BCUT2D eigenvalue weighted by Gasteiger charge is -2.47. The predicted molar refractivity (Wildman–Crippen MR) is 111 cm³/mol. The van der Waals surface area contributed by atoms with E-state index in [9.17, 15) is 9.59 Å². The van der Waals surface area contributed by atoms with Crippen LogP contribution in [0.4, 0.5) is 10.1 Å². The highest BCUT2D eigenvalue weighted by Gasteiger charge is 2.52. The molecule has 1 fully saturated rings. The molecule has 1 N–H and O–H groups in total. The number of hydrogen-bond donors (Lipinski definition) is 1. The Bertz CT molecular complexity index is 641. The molecule has 0 bridgehead atoms. The molecule has 0 aliphatic carbocycles. The summed E-state index contributed by atoms with van der Waals surface area (Å²) in [5.41, 5.74) is 2.70. The van der Waals surface area contributed by atoms with Crippen molar-refractivity contribution in [1.29, 1.82) is 0 Å². The summed E-state index contributed by atoms with van der Waals surface area (Å²) in [6.07, 6.45) is 1.06. The Labute approximate surface area is 168 Å². The van der Waals surface area contributed by atoms with Crippen molar-refractivity contribution in [1.82, 2.24) is 0 Å². The average Bonchev–Trinajstić information content (AvgIpc) is 2.71. The third-order valence-corrected chi connectivity index (χ3v) is 5.44. The first-order chi connectivity index (χ1) is 13.4. The summed E-state index contributed by atoms with van der Waals surface area (Å²) in [4.78, 5) is 25.1. The van der Waals surface area contributed by atoms with Crippen LogP contribution in [0.1, 0.15) is 57.6 Å². The van der Waals surface area contributed by atoms with Gasteiger partial charge in [0.2, 0.25) is 0 Å².